The highest BCUT2D eigenvalue weighted by Gasteiger charge is 2.52. The third kappa shape index (κ3) is 4.51. The lowest BCUT2D eigenvalue weighted by Gasteiger charge is -2.44. The first-order valence-corrected chi connectivity index (χ1v) is 11.2. The summed E-state index contributed by atoms with van der Waals surface area (Å²) >= 11 is 0. The lowest BCUT2D eigenvalue weighted by molar-refractivity contribution is -0.167. The molecule has 6 heteroatoms. The highest BCUT2D eigenvalue weighted by Crippen LogP contribution is 2.37. The van der Waals surface area contributed by atoms with Gasteiger partial charge < -0.3 is 14.3 Å². The zero-order chi connectivity index (χ0) is 20.9. The number of carboxylic acid groups (broad SMARTS) is 1. The molecule has 0 heterocycles. The van der Waals surface area contributed by atoms with Crippen LogP contribution in [0.2, 0.25) is 5.04 Å². The van der Waals surface area contributed by atoms with E-state index in [-0.39, 0.29) is 5.04 Å². The summed E-state index contributed by atoms with van der Waals surface area (Å²) in [5, 5.41) is 10.8. The summed E-state index contributed by atoms with van der Waals surface area (Å²) in [5.41, 5.74) is 0. The van der Waals surface area contributed by atoms with Crippen molar-refractivity contribution in [1.82, 2.24) is 0 Å². The van der Waals surface area contributed by atoms with Gasteiger partial charge in [0.1, 0.15) is 6.10 Å². The summed E-state index contributed by atoms with van der Waals surface area (Å²) in [5.74, 6) is -1.87. The Labute approximate surface area is 167 Å². The number of esters is 1. The van der Waals surface area contributed by atoms with Crippen molar-refractivity contribution in [2.45, 2.75) is 51.9 Å². The third-order valence-corrected chi connectivity index (χ3v) is 9.86. The maximum absolute atomic E-state index is 12.5. The summed E-state index contributed by atoms with van der Waals surface area (Å²) in [6, 6.07) is 19.9. The van der Waals surface area contributed by atoms with Crippen molar-refractivity contribution in [2.24, 2.45) is 0 Å². The first-order chi connectivity index (χ1) is 13.1. The fourth-order valence-corrected chi connectivity index (χ4v) is 7.97. The van der Waals surface area contributed by atoms with Gasteiger partial charge in [-0.05, 0) is 29.3 Å². The van der Waals surface area contributed by atoms with Crippen molar-refractivity contribution in [1.29, 1.82) is 0 Å². The molecular formula is C22H28O5Si. The van der Waals surface area contributed by atoms with E-state index < -0.39 is 32.5 Å². The average molecular weight is 401 g/mol. The van der Waals surface area contributed by atoms with E-state index in [9.17, 15) is 9.59 Å². The number of ether oxygens (including phenoxy) is 1. The van der Waals surface area contributed by atoms with Crippen LogP contribution in [0.3, 0.4) is 0 Å². The molecule has 2 aromatic carbocycles. The lowest BCUT2D eigenvalue weighted by atomic mass is 10.2. The third-order valence-electron chi connectivity index (χ3n) is 4.74. The number of carbonyl (C=O) groups excluding carboxylic acids is 1. The van der Waals surface area contributed by atoms with Crippen molar-refractivity contribution >= 4 is 30.6 Å². The fraction of sp³-hybridized carbons (Fsp3) is 0.364. The zero-order valence-electron chi connectivity index (χ0n) is 17.0. The Morgan fingerprint density at radius 2 is 1.29 bits per heavy atom. The smallest absolute Gasteiger partial charge is 0.344 e. The van der Waals surface area contributed by atoms with Crippen LogP contribution in [0, 0.1) is 0 Å². The molecule has 28 heavy (non-hydrogen) atoms. The predicted molar refractivity (Wildman–Crippen MR) is 111 cm³/mol. The normalized spacial score (nSPS) is 14.2. The molecular weight excluding hydrogens is 372 g/mol. The van der Waals surface area contributed by atoms with Crippen LogP contribution >= 0.6 is 0 Å². The van der Waals surface area contributed by atoms with Gasteiger partial charge >= 0.3 is 11.9 Å². The second kappa shape index (κ2) is 8.71. The summed E-state index contributed by atoms with van der Waals surface area (Å²) < 4.78 is 11.7. The molecule has 0 aromatic heterocycles. The van der Waals surface area contributed by atoms with Crippen molar-refractivity contribution in [3.05, 3.63) is 60.7 Å². The first kappa shape index (κ1) is 21.9. The highest BCUT2D eigenvalue weighted by molar-refractivity contribution is 6.99. The van der Waals surface area contributed by atoms with E-state index in [0.29, 0.717) is 0 Å². The van der Waals surface area contributed by atoms with Gasteiger partial charge in [-0.15, -0.1) is 0 Å². The molecule has 2 rings (SSSR count). The van der Waals surface area contributed by atoms with Crippen LogP contribution in [0.1, 0.15) is 34.6 Å². The van der Waals surface area contributed by atoms with E-state index in [1.165, 1.54) is 6.92 Å². The van der Waals surface area contributed by atoms with Crippen LogP contribution in [0.15, 0.2) is 60.7 Å². The average Bonchev–Trinajstić information content (AvgIpc) is 2.66. The van der Waals surface area contributed by atoms with Crippen LogP contribution in [0.25, 0.3) is 0 Å². The summed E-state index contributed by atoms with van der Waals surface area (Å²) in [6.07, 6.45) is -2.13. The molecule has 2 unspecified atom stereocenters. The molecule has 0 amide bonds. The molecule has 150 valence electrons. The van der Waals surface area contributed by atoms with Gasteiger partial charge in [-0.1, -0.05) is 81.4 Å². The molecule has 0 spiro atoms. The van der Waals surface area contributed by atoms with Gasteiger partial charge in [-0.2, -0.15) is 0 Å². The minimum atomic E-state index is -2.90. The number of rotatable bonds is 7. The quantitative estimate of drug-likeness (QED) is 0.571. The van der Waals surface area contributed by atoms with E-state index >= 15 is 0 Å². The van der Waals surface area contributed by atoms with Gasteiger partial charge in [0.05, 0.1) is 0 Å². The standard InChI is InChI=1S/C22H28O5Si/c1-16(20(23)24)26-21(25)17(2)27-28(22(3,4)5,18-12-8-6-9-13-18)19-14-10-7-11-15-19/h6-17H,1-5H3,(H,23,24). The van der Waals surface area contributed by atoms with Gasteiger partial charge in [-0.25, -0.2) is 9.59 Å². The van der Waals surface area contributed by atoms with Gasteiger partial charge in [-0.3, -0.25) is 0 Å². The van der Waals surface area contributed by atoms with Crippen molar-refractivity contribution < 1.29 is 23.9 Å². The zero-order valence-corrected chi connectivity index (χ0v) is 18.0. The van der Waals surface area contributed by atoms with Crippen LogP contribution in [-0.2, 0) is 18.8 Å². The molecule has 0 radical (unpaired) electrons. The molecule has 0 aliphatic rings. The van der Waals surface area contributed by atoms with E-state index in [1.807, 2.05) is 60.7 Å². The van der Waals surface area contributed by atoms with Crippen molar-refractivity contribution in [3.8, 4) is 0 Å². The fourth-order valence-electron chi connectivity index (χ4n) is 3.33. The molecule has 0 aliphatic heterocycles. The Kier molecular flexibility index (Phi) is 6.80. The van der Waals surface area contributed by atoms with Crippen LogP contribution in [-0.4, -0.2) is 37.6 Å². The van der Waals surface area contributed by atoms with Gasteiger partial charge in [0.2, 0.25) is 0 Å². The molecule has 2 atom stereocenters. The molecule has 0 saturated heterocycles. The Morgan fingerprint density at radius 1 is 0.857 bits per heavy atom. The molecule has 0 fully saturated rings. The number of carboxylic acids is 1. The van der Waals surface area contributed by atoms with E-state index in [0.717, 1.165) is 10.4 Å². The molecule has 0 bridgehead atoms. The monoisotopic (exact) mass is 400 g/mol. The Bertz CT molecular complexity index is 759. The maximum atomic E-state index is 12.5. The minimum Gasteiger partial charge on any atom is -0.479 e. The molecule has 5 nitrogen and oxygen atoms in total. The molecule has 0 aliphatic carbocycles. The number of hydrogen-bond acceptors (Lipinski definition) is 4. The Balaban J connectivity index is 2.53. The van der Waals surface area contributed by atoms with E-state index in [1.54, 1.807) is 6.92 Å². The number of benzene rings is 2. The number of aliphatic carboxylic acids is 1. The molecule has 2 aromatic rings. The van der Waals surface area contributed by atoms with Crippen LogP contribution < -0.4 is 10.4 Å². The summed E-state index contributed by atoms with van der Waals surface area (Å²) in [7, 11) is -2.90. The van der Waals surface area contributed by atoms with Gasteiger partial charge in [0.15, 0.2) is 6.10 Å². The second-order valence-electron chi connectivity index (χ2n) is 7.84. The Morgan fingerprint density at radius 3 is 1.64 bits per heavy atom. The SMILES string of the molecule is CC(OC(=O)C(C)O[Si](c1ccccc1)(c1ccccc1)C(C)(C)C)C(=O)O. The largest absolute Gasteiger partial charge is 0.479 e. The van der Waals surface area contributed by atoms with Crippen LogP contribution in [0.5, 0.6) is 0 Å². The summed E-state index contributed by atoms with van der Waals surface area (Å²) in [4.78, 5) is 23.6. The van der Waals surface area contributed by atoms with Crippen LogP contribution in [0.4, 0.5) is 0 Å². The van der Waals surface area contributed by atoms with E-state index in [2.05, 4.69) is 20.8 Å². The van der Waals surface area contributed by atoms with E-state index in [4.69, 9.17) is 14.3 Å². The highest BCUT2D eigenvalue weighted by atomic mass is 28.4. The predicted octanol–water partition coefficient (Wildman–Crippen LogP) is 2.97. The second-order valence-corrected chi connectivity index (χ2v) is 12.1. The van der Waals surface area contributed by atoms with Crippen molar-refractivity contribution in [2.75, 3.05) is 0 Å². The van der Waals surface area contributed by atoms with Gasteiger partial charge in [0, 0.05) is 0 Å². The molecule has 0 saturated carbocycles. The topological polar surface area (TPSA) is 72.8 Å². The first-order valence-electron chi connectivity index (χ1n) is 9.31. The maximum Gasteiger partial charge on any atom is 0.344 e. The van der Waals surface area contributed by atoms with Crippen molar-refractivity contribution in [3.63, 3.8) is 0 Å². The number of hydrogen-bond donors (Lipinski definition) is 1. The number of carbonyl (C=O) groups is 2. The molecule has 1 N–H and O–H groups in total. The minimum absolute atomic E-state index is 0.289. The van der Waals surface area contributed by atoms with Gasteiger partial charge in [0.25, 0.3) is 8.32 Å². The Hall–Kier alpha value is -2.44. The lowest BCUT2D eigenvalue weighted by Crippen LogP contribution is -2.68. The summed E-state index contributed by atoms with van der Waals surface area (Å²) in [6.45, 7) is 9.28.